The molecule has 0 N–H and O–H groups in total. The number of rotatable bonds is 3. The van der Waals surface area contributed by atoms with Gasteiger partial charge in [0.15, 0.2) is 11.5 Å². The quantitative estimate of drug-likeness (QED) is 0.752. The fourth-order valence-corrected chi connectivity index (χ4v) is 2.97. The van der Waals surface area contributed by atoms with E-state index < -0.39 is 0 Å². The molecule has 0 saturated heterocycles. The first kappa shape index (κ1) is 12.8. The van der Waals surface area contributed by atoms with Gasteiger partial charge in [0.1, 0.15) is 0 Å². The number of ether oxygens (including phenoxy) is 2. The standard InChI is InChI=1S/C15H12BrClO2/c16-13(7-10-2-1-3-12(17)6-10)11-4-5-14-15(8-11)19-9-18-14/h1-6,8,13H,7,9H2. The fraction of sp³-hybridized carbons (Fsp3) is 0.200. The van der Waals surface area contributed by atoms with Crippen LogP contribution in [0.25, 0.3) is 0 Å². The summed E-state index contributed by atoms with van der Waals surface area (Å²) >= 11 is 9.72. The lowest BCUT2D eigenvalue weighted by atomic mass is 10.0. The molecule has 0 bridgehead atoms. The molecule has 0 spiro atoms. The monoisotopic (exact) mass is 338 g/mol. The Labute approximate surface area is 125 Å². The lowest BCUT2D eigenvalue weighted by Gasteiger charge is -2.11. The topological polar surface area (TPSA) is 18.5 Å². The Bertz CT molecular complexity index is 600. The van der Waals surface area contributed by atoms with E-state index in [9.17, 15) is 0 Å². The number of hydrogen-bond donors (Lipinski definition) is 0. The molecule has 0 radical (unpaired) electrons. The molecule has 98 valence electrons. The molecule has 1 aliphatic rings. The van der Waals surface area contributed by atoms with Gasteiger partial charge in [-0.15, -0.1) is 0 Å². The van der Waals surface area contributed by atoms with E-state index in [0.29, 0.717) is 6.79 Å². The number of alkyl halides is 1. The Morgan fingerprint density at radius 1 is 1.11 bits per heavy atom. The van der Waals surface area contributed by atoms with Crippen LogP contribution in [0.4, 0.5) is 0 Å². The summed E-state index contributed by atoms with van der Waals surface area (Å²) in [7, 11) is 0. The van der Waals surface area contributed by atoms with Crippen LogP contribution in [0.5, 0.6) is 11.5 Å². The third-order valence-electron chi connectivity index (χ3n) is 3.06. The highest BCUT2D eigenvalue weighted by Crippen LogP contribution is 2.37. The highest BCUT2D eigenvalue weighted by Gasteiger charge is 2.16. The van der Waals surface area contributed by atoms with Gasteiger partial charge < -0.3 is 9.47 Å². The molecule has 0 fully saturated rings. The van der Waals surface area contributed by atoms with E-state index in [0.717, 1.165) is 22.9 Å². The molecule has 19 heavy (non-hydrogen) atoms. The molecule has 0 saturated carbocycles. The minimum Gasteiger partial charge on any atom is -0.454 e. The third kappa shape index (κ3) is 2.88. The second-order valence-electron chi connectivity index (χ2n) is 4.41. The van der Waals surface area contributed by atoms with Crippen LogP contribution in [0.15, 0.2) is 42.5 Å². The van der Waals surface area contributed by atoms with Gasteiger partial charge in [0.2, 0.25) is 6.79 Å². The lowest BCUT2D eigenvalue weighted by Crippen LogP contribution is -1.95. The van der Waals surface area contributed by atoms with Gasteiger partial charge in [-0.1, -0.05) is 45.7 Å². The van der Waals surface area contributed by atoms with Crippen LogP contribution in [0.2, 0.25) is 5.02 Å². The second-order valence-corrected chi connectivity index (χ2v) is 5.96. The zero-order valence-corrected chi connectivity index (χ0v) is 12.4. The van der Waals surface area contributed by atoms with Crippen molar-refractivity contribution in [2.24, 2.45) is 0 Å². The molecule has 4 heteroatoms. The van der Waals surface area contributed by atoms with Crippen LogP contribution >= 0.6 is 27.5 Å². The van der Waals surface area contributed by atoms with E-state index in [2.05, 4.69) is 28.1 Å². The summed E-state index contributed by atoms with van der Waals surface area (Å²) in [6, 6.07) is 13.9. The summed E-state index contributed by atoms with van der Waals surface area (Å²) < 4.78 is 10.7. The average Bonchev–Trinajstić information content (AvgIpc) is 2.85. The van der Waals surface area contributed by atoms with Gasteiger partial charge in [-0.2, -0.15) is 0 Å². The van der Waals surface area contributed by atoms with E-state index >= 15 is 0 Å². The molecular weight excluding hydrogens is 328 g/mol. The van der Waals surface area contributed by atoms with Gasteiger partial charge in [0.25, 0.3) is 0 Å². The largest absolute Gasteiger partial charge is 0.454 e. The summed E-state index contributed by atoms with van der Waals surface area (Å²) in [6.45, 7) is 0.306. The number of benzene rings is 2. The Kier molecular flexibility index (Phi) is 3.67. The van der Waals surface area contributed by atoms with Gasteiger partial charge in [-0.25, -0.2) is 0 Å². The minimum absolute atomic E-state index is 0.223. The third-order valence-corrected chi connectivity index (χ3v) is 4.15. The van der Waals surface area contributed by atoms with Crippen molar-refractivity contribution < 1.29 is 9.47 Å². The first-order valence-electron chi connectivity index (χ1n) is 6.00. The van der Waals surface area contributed by atoms with Crippen molar-refractivity contribution in [2.45, 2.75) is 11.2 Å². The molecule has 1 atom stereocenters. The maximum absolute atomic E-state index is 6.00. The highest BCUT2D eigenvalue weighted by molar-refractivity contribution is 9.09. The second kappa shape index (κ2) is 5.43. The van der Waals surface area contributed by atoms with Gasteiger partial charge >= 0.3 is 0 Å². The zero-order chi connectivity index (χ0) is 13.2. The van der Waals surface area contributed by atoms with E-state index in [1.54, 1.807) is 0 Å². The first-order chi connectivity index (χ1) is 9.22. The molecule has 1 heterocycles. The summed E-state index contributed by atoms with van der Waals surface area (Å²) in [4.78, 5) is 0.223. The van der Waals surface area contributed by atoms with E-state index in [1.807, 2.05) is 30.3 Å². The Balaban J connectivity index is 1.78. The predicted octanol–water partition coefficient (Wildman–Crippen LogP) is 4.75. The Morgan fingerprint density at radius 2 is 1.95 bits per heavy atom. The maximum atomic E-state index is 6.00. The van der Waals surface area contributed by atoms with E-state index in [4.69, 9.17) is 21.1 Å². The highest BCUT2D eigenvalue weighted by atomic mass is 79.9. The van der Waals surface area contributed by atoms with Crippen LogP contribution < -0.4 is 9.47 Å². The molecule has 0 aliphatic carbocycles. The SMILES string of the molecule is Clc1cccc(CC(Br)c2ccc3c(c2)OCO3)c1. The van der Waals surface area contributed by atoms with E-state index in [1.165, 1.54) is 11.1 Å². The predicted molar refractivity (Wildman–Crippen MR) is 79.4 cm³/mol. The molecule has 2 nitrogen and oxygen atoms in total. The van der Waals surface area contributed by atoms with Gasteiger partial charge in [-0.05, 0) is 41.8 Å². The molecule has 1 unspecified atom stereocenters. The fourth-order valence-electron chi connectivity index (χ4n) is 2.10. The molecule has 0 aromatic heterocycles. The van der Waals surface area contributed by atoms with Crippen LogP contribution in [0, 0.1) is 0 Å². The van der Waals surface area contributed by atoms with Crippen LogP contribution in [-0.4, -0.2) is 6.79 Å². The Morgan fingerprint density at radius 3 is 2.79 bits per heavy atom. The van der Waals surface area contributed by atoms with Crippen molar-refractivity contribution >= 4 is 27.5 Å². The molecule has 2 aromatic rings. The van der Waals surface area contributed by atoms with Crippen LogP contribution in [0.1, 0.15) is 16.0 Å². The maximum Gasteiger partial charge on any atom is 0.231 e. The number of hydrogen-bond acceptors (Lipinski definition) is 2. The molecule has 2 aromatic carbocycles. The average molecular weight is 340 g/mol. The van der Waals surface area contributed by atoms with Gasteiger partial charge in [0.05, 0.1) is 0 Å². The first-order valence-corrected chi connectivity index (χ1v) is 7.30. The normalized spacial score (nSPS) is 14.4. The van der Waals surface area contributed by atoms with Crippen molar-refractivity contribution in [3.8, 4) is 11.5 Å². The lowest BCUT2D eigenvalue weighted by molar-refractivity contribution is 0.174. The smallest absolute Gasteiger partial charge is 0.231 e. The van der Waals surface area contributed by atoms with E-state index in [-0.39, 0.29) is 4.83 Å². The molecule has 3 rings (SSSR count). The van der Waals surface area contributed by atoms with Crippen molar-refractivity contribution in [2.75, 3.05) is 6.79 Å². The minimum atomic E-state index is 0.223. The van der Waals surface area contributed by atoms with Crippen molar-refractivity contribution in [3.05, 3.63) is 58.6 Å². The summed E-state index contributed by atoms with van der Waals surface area (Å²) in [5, 5.41) is 0.767. The van der Waals surface area contributed by atoms with Crippen molar-refractivity contribution in [1.82, 2.24) is 0 Å². The Hall–Kier alpha value is -1.19. The summed E-state index contributed by atoms with van der Waals surface area (Å²) in [5.41, 5.74) is 2.37. The summed E-state index contributed by atoms with van der Waals surface area (Å²) in [5.74, 6) is 1.62. The zero-order valence-electron chi connectivity index (χ0n) is 10.1. The van der Waals surface area contributed by atoms with Crippen molar-refractivity contribution in [1.29, 1.82) is 0 Å². The van der Waals surface area contributed by atoms with Gasteiger partial charge in [0, 0.05) is 9.85 Å². The molecule has 0 amide bonds. The van der Waals surface area contributed by atoms with Gasteiger partial charge in [-0.3, -0.25) is 0 Å². The van der Waals surface area contributed by atoms with Crippen LogP contribution in [-0.2, 0) is 6.42 Å². The number of fused-ring (bicyclic) bond motifs is 1. The molecule has 1 aliphatic heterocycles. The number of halogens is 2. The summed E-state index contributed by atoms with van der Waals surface area (Å²) in [6.07, 6.45) is 0.875. The van der Waals surface area contributed by atoms with Crippen LogP contribution in [0.3, 0.4) is 0 Å². The van der Waals surface area contributed by atoms with Crippen molar-refractivity contribution in [3.63, 3.8) is 0 Å². The molecular formula is C15H12BrClO2.